The Kier molecular flexibility index (Phi) is 9.08. The van der Waals surface area contributed by atoms with Crippen LogP contribution in [0.5, 0.6) is 0 Å². The second-order valence-electron chi connectivity index (χ2n) is 5.73. The lowest BCUT2D eigenvalue weighted by Gasteiger charge is -2.26. The van der Waals surface area contributed by atoms with Crippen molar-refractivity contribution in [1.29, 1.82) is 0 Å². The van der Waals surface area contributed by atoms with Crippen LogP contribution in [0.15, 0.2) is 0 Å². The Morgan fingerprint density at radius 2 is 1.61 bits per heavy atom. The summed E-state index contributed by atoms with van der Waals surface area (Å²) in [6.45, 7) is 13.7. The highest BCUT2D eigenvalue weighted by molar-refractivity contribution is 5.81. The Morgan fingerprint density at radius 1 is 1.06 bits per heavy atom. The lowest BCUT2D eigenvalue weighted by Crippen LogP contribution is -2.48. The van der Waals surface area contributed by atoms with E-state index in [-0.39, 0.29) is 11.9 Å². The first kappa shape index (κ1) is 17.4. The quantitative estimate of drug-likeness (QED) is 0.666. The molecule has 2 unspecified atom stereocenters. The molecular weight excluding hydrogens is 224 g/mol. The minimum absolute atomic E-state index is 0.104. The van der Waals surface area contributed by atoms with Crippen LogP contribution >= 0.6 is 0 Å². The van der Waals surface area contributed by atoms with E-state index in [0.29, 0.717) is 17.9 Å². The van der Waals surface area contributed by atoms with Crippen molar-refractivity contribution in [1.82, 2.24) is 10.6 Å². The molecule has 0 aliphatic rings. The molecule has 0 bridgehead atoms. The fraction of sp³-hybridized carbons (Fsp3) is 0.933. The molecule has 0 aromatic carbocycles. The first-order valence-electron chi connectivity index (χ1n) is 7.46. The van der Waals surface area contributed by atoms with Crippen LogP contribution in [0, 0.1) is 11.8 Å². The standard InChI is InChI=1S/C15H32N2O/c1-7-14(8-2)12(5)17-13(6)15(18)16-10-9-11(3)4/h11-14,17H,7-10H2,1-6H3,(H,16,18). The molecule has 108 valence electrons. The first-order chi connectivity index (χ1) is 8.42. The molecule has 0 radical (unpaired) electrons. The predicted molar refractivity (Wildman–Crippen MR) is 78.6 cm³/mol. The van der Waals surface area contributed by atoms with Crippen LogP contribution in [0.4, 0.5) is 0 Å². The Bertz CT molecular complexity index is 225. The third kappa shape index (κ3) is 7.00. The summed E-state index contributed by atoms with van der Waals surface area (Å²) >= 11 is 0. The Hall–Kier alpha value is -0.570. The number of nitrogens with one attached hydrogen (secondary N) is 2. The van der Waals surface area contributed by atoms with Gasteiger partial charge in [0.15, 0.2) is 0 Å². The van der Waals surface area contributed by atoms with E-state index in [1.807, 2.05) is 6.92 Å². The molecule has 18 heavy (non-hydrogen) atoms. The number of carbonyl (C=O) groups is 1. The van der Waals surface area contributed by atoms with Gasteiger partial charge in [0.2, 0.25) is 5.91 Å². The normalized spacial score (nSPS) is 14.9. The summed E-state index contributed by atoms with van der Waals surface area (Å²) < 4.78 is 0. The maximum atomic E-state index is 11.9. The average molecular weight is 256 g/mol. The van der Waals surface area contributed by atoms with Crippen molar-refractivity contribution in [3.05, 3.63) is 0 Å². The Balaban J connectivity index is 3.99. The zero-order valence-electron chi connectivity index (χ0n) is 13.0. The van der Waals surface area contributed by atoms with E-state index in [1.165, 1.54) is 0 Å². The molecule has 0 rings (SSSR count). The van der Waals surface area contributed by atoms with Crippen LogP contribution in [0.2, 0.25) is 0 Å². The van der Waals surface area contributed by atoms with E-state index >= 15 is 0 Å². The van der Waals surface area contributed by atoms with Crippen LogP contribution < -0.4 is 10.6 Å². The molecule has 0 saturated heterocycles. The van der Waals surface area contributed by atoms with Crippen molar-refractivity contribution in [2.45, 2.75) is 72.9 Å². The Labute approximate surface area is 113 Å². The van der Waals surface area contributed by atoms with E-state index in [1.54, 1.807) is 0 Å². The molecule has 0 aromatic heterocycles. The largest absolute Gasteiger partial charge is 0.355 e. The topological polar surface area (TPSA) is 41.1 Å². The molecule has 0 spiro atoms. The summed E-state index contributed by atoms with van der Waals surface area (Å²) in [6, 6.07) is 0.290. The number of rotatable bonds is 9. The summed E-state index contributed by atoms with van der Waals surface area (Å²) in [5.74, 6) is 1.40. The van der Waals surface area contributed by atoms with Gasteiger partial charge in [0.05, 0.1) is 6.04 Å². The van der Waals surface area contributed by atoms with Gasteiger partial charge in [-0.05, 0) is 32.1 Å². The molecule has 3 nitrogen and oxygen atoms in total. The van der Waals surface area contributed by atoms with E-state index in [4.69, 9.17) is 0 Å². The van der Waals surface area contributed by atoms with Gasteiger partial charge in [-0.15, -0.1) is 0 Å². The molecule has 0 aliphatic carbocycles. The van der Waals surface area contributed by atoms with Crippen molar-refractivity contribution in [3.8, 4) is 0 Å². The van der Waals surface area contributed by atoms with Crippen molar-refractivity contribution >= 4 is 5.91 Å². The molecule has 2 atom stereocenters. The highest BCUT2D eigenvalue weighted by Crippen LogP contribution is 2.13. The van der Waals surface area contributed by atoms with Crippen LogP contribution in [0.25, 0.3) is 0 Å². The van der Waals surface area contributed by atoms with Crippen LogP contribution in [-0.2, 0) is 4.79 Å². The molecule has 2 N–H and O–H groups in total. The molecule has 3 heteroatoms. The van der Waals surface area contributed by atoms with Crippen molar-refractivity contribution in [3.63, 3.8) is 0 Å². The third-order valence-corrected chi connectivity index (χ3v) is 3.68. The van der Waals surface area contributed by atoms with E-state index in [9.17, 15) is 4.79 Å². The summed E-state index contributed by atoms with van der Waals surface area (Å²) in [5.41, 5.74) is 0. The van der Waals surface area contributed by atoms with Crippen molar-refractivity contribution in [2.24, 2.45) is 11.8 Å². The molecule has 1 amide bonds. The van der Waals surface area contributed by atoms with Gasteiger partial charge in [0.1, 0.15) is 0 Å². The van der Waals surface area contributed by atoms with Gasteiger partial charge in [-0.2, -0.15) is 0 Å². The van der Waals surface area contributed by atoms with Gasteiger partial charge in [-0.25, -0.2) is 0 Å². The lowest BCUT2D eigenvalue weighted by atomic mass is 9.95. The molecule has 0 fully saturated rings. The van der Waals surface area contributed by atoms with Crippen LogP contribution in [0.1, 0.15) is 60.8 Å². The van der Waals surface area contributed by atoms with Crippen molar-refractivity contribution in [2.75, 3.05) is 6.54 Å². The van der Waals surface area contributed by atoms with E-state index in [0.717, 1.165) is 25.8 Å². The lowest BCUT2D eigenvalue weighted by molar-refractivity contribution is -0.123. The van der Waals surface area contributed by atoms with Crippen LogP contribution in [-0.4, -0.2) is 24.5 Å². The highest BCUT2D eigenvalue weighted by Gasteiger charge is 2.19. The van der Waals surface area contributed by atoms with Gasteiger partial charge in [0, 0.05) is 12.6 Å². The summed E-state index contributed by atoms with van der Waals surface area (Å²) in [6.07, 6.45) is 3.36. The fourth-order valence-electron chi connectivity index (χ4n) is 2.24. The van der Waals surface area contributed by atoms with E-state index < -0.39 is 0 Å². The maximum Gasteiger partial charge on any atom is 0.236 e. The zero-order valence-corrected chi connectivity index (χ0v) is 13.0. The summed E-state index contributed by atoms with van der Waals surface area (Å²) in [4.78, 5) is 11.9. The summed E-state index contributed by atoms with van der Waals surface area (Å²) in [7, 11) is 0. The van der Waals surface area contributed by atoms with Gasteiger partial charge in [0.25, 0.3) is 0 Å². The van der Waals surface area contributed by atoms with Gasteiger partial charge < -0.3 is 10.6 Å². The monoisotopic (exact) mass is 256 g/mol. The van der Waals surface area contributed by atoms with Gasteiger partial charge in [-0.3, -0.25) is 4.79 Å². The molecule has 0 aromatic rings. The maximum absolute atomic E-state index is 11.9. The number of hydrogen-bond acceptors (Lipinski definition) is 2. The number of carbonyl (C=O) groups excluding carboxylic acids is 1. The average Bonchev–Trinajstić information content (AvgIpc) is 2.29. The smallest absolute Gasteiger partial charge is 0.236 e. The van der Waals surface area contributed by atoms with Gasteiger partial charge >= 0.3 is 0 Å². The predicted octanol–water partition coefficient (Wildman–Crippen LogP) is 2.95. The first-order valence-corrected chi connectivity index (χ1v) is 7.46. The molecule has 0 heterocycles. The molecular formula is C15H32N2O. The minimum Gasteiger partial charge on any atom is -0.355 e. The van der Waals surface area contributed by atoms with Crippen molar-refractivity contribution < 1.29 is 4.79 Å². The van der Waals surface area contributed by atoms with Gasteiger partial charge in [-0.1, -0.05) is 40.5 Å². The minimum atomic E-state index is -0.104. The number of hydrogen-bond donors (Lipinski definition) is 2. The second kappa shape index (κ2) is 9.37. The van der Waals surface area contributed by atoms with Crippen LogP contribution in [0.3, 0.4) is 0 Å². The highest BCUT2D eigenvalue weighted by atomic mass is 16.2. The SMILES string of the molecule is CCC(CC)C(C)NC(C)C(=O)NCCC(C)C. The Morgan fingerprint density at radius 3 is 2.06 bits per heavy atom. The molecule has 0 aliphatic heterocycles. The summed E-state index contributed by atoms with van der Waals surface area (Å²) in [5, 5.41) is 6.40. The van der Waals surface area contributed by atoms with E-state index in [2.05, 4.69) is 45.3 Å². The zero-order chi connectivity index (χ0) is 14.1. The molecule has 0 saturated carbocycles. The third-order valence-electron chi connectivity index (χ3n) is 3.68. The fourth-order valence-corrected chi connectivity index (χ4v) is 2.24. The second-order valence-corrected chi connectivity index (χ2v) is 5.73. The number of amides is 1.